The Morgan fingerprint density at radius 1 is 0.857 bits per heavy atom. The molecule has 0 saturated carbocycles. The van der Waals surface area contributed by atoms with Crippen molar-refractivity contribution in [1.82, 2.24) is 9.97 Å². The molecule has 1 aromatic heterocycles. The first-order chi connectivity index (χ1) is 10.3. The van der Waals surface area contributed by atoms with Gasteiger partial charge in [0.05, 0.1) is 5.69 Å². The molecule has 21 heavy (non-hydrogen) atoms. The molecule has 104 valence electrons. The van der Waals surface area contributed by atoms with E-state index >= 15 is 0 Å². The second kappa shape index (κ2) is 6.15. The molecule has 0 saturated heterocycles. The van der Waals surface area contributed by atoms with Gasteiger partial charge in [-0.2, -0.15) is 0 Å². The predicted molar refractivity (Wildman–Crippen MR) is 84.5 cm³/mol. The molecule has 0 bridgehead atoms. The van der Waals surface area contributed by atoms with Crippen LogP contribution in [0.3, 0.4) is 0 Å². The van der Waals surface area contributed by atoms with E-state index in [0.717, 1.165) is 17.1 Å². The quantitative estimate of drug-likeness (QED) is 0.568. The molecular formula is C17H16N4. The molecule has 4 nitrogen and oxygen atoms in total. The highest BCUT2D eigenvalue weighted by Gasteiger charge is 2.06. The summed E-state index contributed by atoms with van der Waals surface area (Å²) in [6.45, 7) is 0. The summed E-state index contributed by atoms with van der Waals surface area (Å²) in [5.41, 5.74) is 5.70. The van der Waals surface area contributed by atoms with Gasteiger partial charge in [-0.15, -0.1) is 0 Å². The topological polar surface area (TPSA) is 63.8 Å². The third-order valence-electron chi connectivity index (χ3n) is 3.19. The van der Waals surface area contributed by atoms with Crippen molar-refractivity contribution in [2.24, 2.45) is 5.84 Å². The number of nitrogens with zero attached hydrogens (tertiary/aromatic N) is 2. The maximum absolute atomic E-state index is 5.52. The highest BCUT2D eigenvalue weighted by molar-refractivity contribution is 5.62. The molecule has 0 aliphatic carbocycles. The largest absolute Gasteiger partial charge is 0.308 e. The van der Waals surface area contributed by atoms with Gasteiger partial charge in [0.15, 0.2) is 0 Å². The minimum Gasteiger partial charge on any atom is -0.308 e. The molecule has 0 aliphatic rings. The Balaban J connectivity index is 1.98. The van der Waals surface area contributed by atoms with Crippen LogP contribution in [0.4, 0.5) is 5.82 Å². The molecule has 3 N–H and O–H groups in total. The molecule has 0 radical (unpaired) electrons. The first kappa shape index (κ1) is 13.3. The summed E-state index contributed by atoms with van der Waals surface area (Å²) in [5.74, 6) is 6.88. The first-order valence-corrected chi connectivity index (χ1v) is 6.79. The number of rotatable bonds is 4. The van der Waals surface area contributed by atoms with Gasteiger partial charge in [-0.1, -0.05) is 60.7 Å². The van der Waals surface area contributed by atoms with Gasteiger partial charge in [0.1, 0.15) is 11.6 Å². The van der Waals surface area contributed by atoms with Gasteiger partial charge in [-0.25, -0.2) is 15.8 Å². The number of nitrogen functional groups attached to an aromatic ring is 1. The van der Waals surface area contributed by atoms with E-state index in [1.54, 1.807) is 0 Å². The molecule has 0 unspecified atom stereocenters. The summed E-state index contributed by atoms with van der Waals surface area (Å²) < 4.78 is 0. The van der Waals surface area contributed by atoms with E-state index in [1.165, 1.54) is 5.56 Å². The van der Waals surface area contributed by atoms with Crippen LogP contribution in [0.15, 0.2) is 66.7 Å². The van der Waals surface area contributed by atoms with E-state index < -0.39 is 0 Å². The fourth-order valence-electron chi connectivity index (χ4n) is 2.19. The Morgan fingerprint density at radius 2 is 1.52 bits per heavy atom. The summed E-state index contributed by atoms with van der Waals surface area (Å²) >= 11 is 0. The molecule has 2 aromatic carbocycles. The Morgan fingerprint density at radius 3 is 2.19 bits per heavy atom. The van der Waals surface area contributed by atoms with E-state index in [-0.39, 0.29) is 0 Å². The van der Waals surface area contributed by atoms with Gasteiger partial charge in [-0.3, -0.25) is 0 Å². The summed E-state index contributed by atoms with van der Waals surface area (Å²) in [4.78, 5) is 9.07. The molecule has 0 spiro atoms. The van der Waals surface area contributed by atoms with Crippen molar-refractivity contribution in [3.63, 3.8) is 0 Å². The number of nitrogens with two attached hydrogens (primary N) is 1. The maximum atomic E-state index is 5.52. The maximum Gasteiger partial charge on any atom is 0.144 e. The van der Waals surface area contributed by atoms with Gasteiger partial charge < -0.3 is 5.43 Å². The van der Waals surface area contributed by atoms with E-state index in [1.807, 2.05) is 54.6 Å². The van der Waals surface area contributed by atoms with E-state index in [9.17, 15) is 0 Å². The standard InChI is InChI=1S/C17H16N4/c18-21-17-12-15(14-9-5-2-6-10-14)19-16(20-17)11-13-7-3-1-4-8-13/h1-10,12H,11,18H2,(H,19,20,21). The smallest absolute Gasteiger partial charge is 0.144 e. The molecule has 4 heteroatoms. The average molecular weight is 276 g/mol. The van der Waals surface area contributed by atoms with Gasteiger partial charge in [0.2, 0.25) is 0 Å². The molecule has 0 fully saturated rings. The number of nitrogens with one attached hydrogen (secondary N) is 1. The van der Waals surface area contributed by atoms with Crippen molar-refractivity contribution in [3.05, 3.63) is 78.1 Å². The number of hydrogen-bond donors (Lipinski definition) is 2. The Kier molecular flexibility index (Phi) is 3.89. The van der Waals surface area contributed by atoms with Crippen molar-refractivity contribution in [2.45, 2.75) is 6.42 Å². The third kappa shape index (κ3) is 3.24. The van der Waals surface area contributed by atoms with Crippen LogP contribution in [0.5, 0.6) is 0 Å². The first-order valence-electron chi connectivity index (χ1n) is 6.79. The Bertz CT molecular complexity index is 711. The number of benzene rings is 2. The van der Waals surface area contributed by atoms with Gasteiger partial charge in [-0.05, 0) is 5.56 Å². The molecule has 1 heterocycles. The summed E-state index contributed by atoms with van der Waals surface area (Å²) in [6.07, 6.45) is 0.677. The molecular weight excluding hydrogens is 260 g/mol. The van der Waals surface area contributed by atoms with Crippen LogP contribution in [0.2, 0.25) is 0 Å². The van der Waals surface area contributed by atoms with Crippen LogP contribution in [0.1, 0.15) is 11.4 Å². The SMILES string of the molecule is NNc1cc(-c2ccccc2)nc(Cc2ccccc2)n1. The van der Waals surface area contributed by atoms with Crippen LogP contribution >= 0.6 is 0 Å². The second-order valence-corrected chi connectivity index (χ2v) is 4.73. The zero-order valence-electron chi connectivity index (χ0n) is 11.5. The predicted octanol–water partition coefficient (Wildman–Crippen LogP) is 3.02. The average Bonchev–Trinajstić information content (AvgIpc) is 2.56. The lowest BCUT2D eigenvalue weighted by molar-refractivity contribution is 0.969. The van der Waals surface area contributed by atoms with E-state index in [2.05, 4.69) is 27.5 Å². The van der Waals surface area contributed by atoms with E-state index in [0.29, 0.717) is 12.2 Å². The summed E-state index contributed by atoms with van der Waals surface area (Å²) in [7, 11) is 0. The van der Waals surface area contributed by atoms with Gasteiger partial charge in [0.25, 0.3) is 0 Å². The highest BCUT2D eigenvalue weighted by Crippen LogP contribution is 2.20. The fourth-order valence-corrected chi connectivity index (χ4v) is 2.19. The van der Waals surface area contributed by atoms with Crippen LogP contribution in [-0.2, 0) is 6.42 Å². The van der Waals surface area contributed by atoms with Crippen LogP contribution in [0.25, 0.3) is 11.3 Å². The number of hydrogen-bond acceptors (Lipinski definition) is 4. The van der Waals surface area contributed by atoms with Crippen LogP contribution < -0.4 is 11.3 Å². The number of aromatic nitrogens is 2. The molecule has 3 aromatic rings. The number of anilines is 1. The lowest BCUT2D eigenvalue weighted by Crippen LogP contribution is -2.11. The minimum absolute atomic E-state index is 0.620. The Hall–Kier alpha value is -2.72. The lowest BCUT2D eigenvalue weighted by Gasteiger charge is -2.08. The monoisotopic (exact) mass is 276 g/mol. The van der Waals surface area contributed by atoms with Gasteiger partial charge in [0, 0.05) is 18.1 Å². The van der Waals surface area contributed by atoms with Crippen molar-refractivity contribution in [3.8, 4) is 11.3 Å². The van der Waals surface area contributed by atoms with Crippen molar-refractivity contribution in [2.75, 3.05) is 5.43 Å². The molecule has 0 aliphatic heterocycles. The van der Waals surface area contributed by atoms with E-state index in [4.69, 9.17) is 5.84 Å². The zero-order chi connectivity index (χ0) is 14.5. The number of hydrazine groups is 1. The van der Waals surface area contributed by atoms with Crippen molar-refractivity contribution >= 4 is 5.82 Å². The minimum atomic E-state index is 0.620. The molecule has 0 amide bonds. The highest BCUT2D eigenvalue weighted by atomic mass is 15.3. The van der Waals surface area contributed by atoms with Crippen LogP contribution in [0, 0.1) is 0 Å². The molecule has 3 rings (SSSR count). The zero-order valence-corrected chi connectivity index (χ0v) is 11.5. The van der Waals surface area contributed by atoms with Crippen LogP contribution in [-0.4, -0.2) is 9.97 Å². The summed E-state index contributed by atoms with van der Waals surface area (Å²) in [5, 5.41) is 0. The lowest BCUT2D eigenvalue weighted by atomic mass is 10.1. The second-order valence-electron chi connectivity index (χ2n) is 4.73. The molecule has 0 atom stereocenters. The normalized spacial score (nSPS) is 10.3. The van der Waals surface area contributed by atoms with Crippen molar-refractivity contribution in [1.29, 1.82) is 0 Å². The van der Waals surface area contributed by atoms with Crippen molar-refractivity contribution < 1.29 is 0 Å². The Labute approximate surface area is 123 Å². The fraction of sp³-hybridized carbons (Fsp3) is 0.0588. The third-order valence-corrected chi connectivity index (χ3v) is 3.19. The summed E-state index contributed by atoms with van der Waals surface area (Å²) in [6, 6.07) is 22.0. The van der Waals surface area contributed by atoms with Gasteiger partial charge >= 0.3 is 0 Å².